The molecule has 0 heterocycles. The number of halogens is 2. The molecule has 0 unspecified atom stereocenters. The fourth-order valence-electron chi connectivity index (χ4n) is 1.73. The Morgan fingerprint density at radius 2 is 1.86 bits per heavy atom. The van der Waals surface area contributed by atoms with Gasteiger partial charge < -0.3 is 5.32 Å². The Labute approximate surface area is 137 Å². The molecule has 0 aliphatic carbocycles. The maximum absolute atomic E-state index is 12.2. The minimum absolute atomic E-state index is 0.138. The summed E-state index contributed by atoms with van der Waals surface area (Å²) < 4.78 is 1.32. The first-order chi connectivity index (χ1) is 9.86. The first-order valence-electron chi connectivity index (χ1n) is 5.89. The summed E-state index contributed by atoms with van der Waals surface area (Å²) in [6.45, 7) is 1.87. The zero-order chi connectivity index (χ0) is 15.6. The van der Waals surface area contributed by atoms with Crippen LogP contribution < -0.4 is 5.32 Å². The van der Waals surface area contributed by atoms with Gasteiger partial charge in [-0.2, -0.15) is 0 Å². The molecule has 0 radical (unpaired) electrons. The molecule has 0 saturated carbocycles. The number of non-ortho nitro benzene ring substituents is 1. The largest absolute Gasteiger partial charge is 0.322 e. The van der Waals surface area contributed by atoms with Gasteiger partial charge in [-0.15, -0.1) is 0 Å². The molecule has 0 aliphatic heterocycles. The number of anilines is 1. The Kier molecular flexibility index (Phi) is 4.74. The van der Waals surface area contributed by atoms with Gasteiger partial charge in [0.1, 0.15) is 0 Å². The van der Waals surface area contributed by atoms with Gasteiger partial charge in [0.2, 0.25) is 0 Å². The number of benzene rings is 2. The van der Waals surface area contributed by atoms with E-state index in [1.807, 2.05) is 19.1 Å². The van der Waals surface area contributed by atoms with Crippen LogP contribution in [-0.2, 0) is 0 Å². The number of amides is 1. The lowest BCUT2D eigenvalue weighted by Crippen LogP contribution is -2.13. The van der Waals surface area contributed by atoms with Crippen molar-refractivity contribution >= 4 is 49.1 Å². The molecule has 0 atom stereocenters. The van der Waals surface area contributed by atoms with Gasteiger partial charge in [-0.3, -0.25) is 14.9 Å². The van der Waals surface area contributed by atoms with Crippen molar-refractivity contribution in [3.63, 3.8) is 0 Å². The maximum atomic E-state index is 12.2. The number of nitro groups is 1. The number of carbonyl (C=O) groups is 1. The molecule has 7 heteroatoms. The highest BCUT2D eigenvalue weighted by Gasteiger charge is 2.14. The van der Waals surface area contributed by atoms with Gasteiger partial charge in [0, 0.05) is 32.3 Å². The number of nitro benzene ring substituents is 1. The zero-order valence-corrected chi connectivity index (χ0v) is 14.1. The van der Waals surface area contributed by atoms with Crippen LogP contribution in [-0.4, -0.2) is 10.8 Å². The van der Waals surface area contributed by atoms with Crippen LogP contribution in [0.3, 0.4) is 0 Å². The lowest BCUT2D eigenvalue weighted by atomic mass is 10.1. The average Bonchev–Trinajstić information content (AvgIpc) is 2.42. The molecule has 0 aromatic heterocycles. The summed E-state index contributed by atoms with van der Waals surface area (Å²) in [7, 11) is 0. The quantitative estimate of drug-likeness (QED) is 0.586. The second-order valence-corrected chi connectivity index (χ2v) is 6.20. The normalized spacial score (nSPS) is 10.2. The van der Waals surface area contributed by atoms with E-state index < -0.39 is 10.8 Å². The summed E-state index contributed by atoms with van der Waals surface area (Å²) in [5.74, 6) is -0.402. The Morgan fingerprint density at radius 3 is 2.52 bits per heavy atom. The summed E-state index contributed by atoms with van der Waals surface area (Å²) in [5, 5.41) is 13.6. The molecule has 0 aliphatic rings. The van der Waals surface area contributed by atoms with Gasteiger partial charge in [0.05, 0.1) is 4.92 Å². The Balaban J connectivity index is 2.32. The van der Waals surface area contributed by atoms with Crippen molar-refractivity contribution in [1.82, 2.24) is 0 Å². The number of hydrogen-bond acceptors (Lipinski definition) is 3. The smallest absolute Gasteiger partial charge is 0.271 e. The average molecular weight is 414 g/mol. The van der Waals surface area contributed by atoms with Crippen LogP contribution in [0.2, 0.25) is 0 Å². The molecule has 2 aromatic carbocycles. The van der Waals surface area contributed by atoms with Crippen molar-refractivity contribution in [2.75, 3.05) is 5.32 Å². The third-order valence-corrected chi connectivity index (χ3v) is 3.75. The minimum atomic E-state index is -0.536. The molecule has 5 nitrogen and oxygen atoms in total. The number of nitrogens with one attached hydrogen (secondary N) is 1. The van der Waals surface area contributed by atoms with Crippen molar-refractivity contribution in [2.45, 2.75) is 6.92 Å². The highest BCUT2D eigenvalue weighted by molar-refractivity contribution is 9.10. The topological polar surface area (TPSA) is 72.2 Å². The van der Waals surface area contributed by atoms with E-state index in [0.29, 0.717) is 10.2 Å². The number of aryl methyl sites for hydroxylation is 1. The van der Waals surface area contributed by atoms with E-state index >= 15 is 0 Å². The van der Waals surface area contributed by atoms with Crippen LogP contribution >= 0.6 is 31.9 Å². The number of hydrogen-bond donors (Lipinski definition) is 1. The number of carbonyl (C=O) groups excluding carboxylic acids is 1. The van der Waals surface area contributed by atoms with Crippen molar-refractivity contribution in [1.29, 1.82) is 0 Å². The highest BCUT2D eigenvalue weighted by Crippen LogP contribution is 2.24. The number of rotatable bonds is 3. The fourth-order valence-corrected chi connectivity index (χ4v) is 2.58. The molecule has 0 spiro atoms. The second kappa shape index (κ2) is 6.36. The predicted molar refractivity (Wildman–Crippen MR) is 87.6 cm³/mol. The summed E-state index contributed by atoms with van der Waals surface area (Å²) >= 11 is 6.51. The molecule has 108 valence electrons. The Bertz CT molecular complexity index is 732. The van der Waals surface area contributed by atoms with E-state index in [0.717, 1.165) is 10.0 Å². The van der Waals surface area contributed by atoms with E-state index in [4.69, 9.17) is 0 Å². The molecule has 0 bridgehead atoms. The molecule has 0 fully saturated rings. The van der Waals surface area contributed by atoms with Crippen molar-refractivity contribution in [2.24, 2.45) is 0 Å². The number of nitrogens with zero attached hydrogens (tertiary/aromatic N) is 1. The van der Waals surface area contributed by atoms with Gasteiger partial charge in [-0.25, -0.2) is 0 Å². The predicted octanol–water partition coefficient (Wildman–Crippen LogP) is 4.68. The minimum Gasteiger partial charge on any atom is -0.322 e. The summed E-state index contributed by atoms with van der Waals surface area (Å²) in [5.41, 5.74) is 1.63. The van der Waals surface area contributed by atoms with Crippen LogP contribution in [0.15, 0.2) is 45.3 Å². The van der Waals surface area contributed by atoms with Gasteiger partial charge in [0.15, 0.2) is 0 Å². The summed E-state index contributed by atoms with van der Waals surface area (Å²) in [6, 6.07) is 9.64. The van der Waals surface area contributed by atoms with Gasteiger partial charge in [0.25, 0.3) is 11.6 Å². The van der Waals surface area contributed by atoms with E-state index in [-0.39, 0.29) is 11.3 Å². The van der Waals surface area contributed by atoms with Crippen molar-refractivity contribution in [3.8, 4) is 0 Å². The SMILES string of the molecule is Cc1ccc(Br)cc1NC(=O)c1cc(Br)cc([N+](=O)[O-])c1. The third kappa shape index (κ3) is 3.89. The fraction of sp³-hybridized carbons (Fsp3) is 0.0714. The van der Waals surface area contributed by atoms with Crippen molar-refractivity contribution in [3.05, 3.63) is 66.6 Å². The second-order valence-electron chi connectivity index (χ2n) is 4.37. The standard InChI is InChI=1S/C14H10Br2N2O3/c1-8-2-3-10(15)7-13(8)17-14(19)9-4-11(16)6-12(5-9)18(20)21/h2-7H,1H3,(H,17,19). The molecular weight excluding hydrogens is 404 g/mol. The molecule has 1 N–H and O–H groups in total. The molecular formula is C14H10Br2N2O3. The monoisotopic (exact) mass is 412 g/mol. The van der Waals surface area contributed by atoms with E-state index in [9.17, 15) is 14.9 Å². The first kappa shape index (κ1) is 15.7. The van der Waals surface area contributed by atoms with Gasteiger partial charge in [-0.05, 0) is 30.7 Å². The lowest BCUT2D eigenvalue weighted by molar-refractivity contribution is -0.384. The van der Waals surface area contributed by atoms with Crippen LogP contribution in [0.25, 0.3) is 0 Å². The van der Waals surface area contributed by atoms with Crippen LogP contribution in [0.5, 0.6) is 0 Å². The Morgan fingerprint density at radius 1 is 1.14 bits per heavy atom. The summed E-state index contributed by atoms with van der Waals surface area (Å²) in [4.78, 5) is 22.5. The van der Waals surface area contributed by atoms with Gasteiger partial charge >= 0.3 is 0 Å². The van der Waals surface area contributed by atoms with E-state index in [2.05, 4.69) is 37.2 Å². The van der Waals surface area contributed by atoms with Crippen LogP contribution in [0.1, 0.15) is 15.9 Å². The molecule has 2 aromatic rings. The molecule has 21 heavy (non-hydrogen) atoms. The van der Waals surface area contributed by atoms with E-state index in [1.54, 1.807) is 6.07 Å². The van der Waals surface area contributed by atoms with E-state index in [1.165, 1.54) is 18.2 Å². The van der Waals surface area contributed by atoms with Crippen molar-refractivity contribution < 1.29 is 9.72 Å². The highest BCUT2D eigenvalue weighted by atomic mass is 79.9. The third-order valence-electron chi connectivity index (χ3n) is 2.80. The molecule has 2 rings (SSSR count). The Hall–Kier alpha value is -1.73. The lowest BCUT2D eigenvalue weighted by Gasteiger charge is -2.09. The maximum Gasteiger partial charge on any atom is 0.271 e. The van der Waals surface area contributed by atoms with Crippen LogP contribution in [0.4, 0.5) is 11.4 Å². The zero-order valence-electron chi connectivity index (χ0n) is 10.9. The van der Waals surface area contributed by atoms with Gasteiger partial charge in [-0.1, -0.05) is 37.9 Å². The summed E-state index contributed by atoms with van der Waals surface area (Å²) in [6.07, 6.45) is 0. The molecule has 0 saturated heterocycles. The first-order valence-corrected chi connectivity index (χ1v) is 7.48. The van der Waals surface area contributed by atoms with Crippen LogP contribution in [0, 0.1) is 17.0 Å². The molecule has 1 amide bonds.